The van der Waals surface area contributed by atoms with Crippen molar-refractivity contribution in [3.63, 3.8) is 0 Å². The maximum Gasteiger partial charge on any atom is 0.164 e. The van der Waals surface area contributed by atoms with Crippen LogP contribution < -0.4 is 9.64 Å². The molecule has 0 N–H and O–H groups in total. The van der Waals surface area contributed by atoms with Crippen molar-refractivity contribution in [1.29, 1.82) is 0 Å². The lowest BCUT2D eigenvalue weighted by Crippen LogP contribution is -2.14. The summed E-state index contributed by atoms with van der Waals surface area (Å²) < 4.78 is 9.29. The minimum atomic E-state index is 0.376. The predicted molar refractivity (Wildman–Crippen MR) is 264 cm³/mol. The van der Waals surface area contributed by atoms with E-state index >= 15 is 0 Å². The lowest BCUT2D eigenvalue weighted by molar-refractivity contribution is 0.304. The number of ether oxygens (including phenoxy) is 1. The first-order valence-corrected chi connectivity index (χ1v) is 22.6. The number of benzene rings is 9. The van der Waals surface area contributed by atoms with E-state index in [1.807, 2.05) is 72.4 Å². The van der Waals surface area contributed by atoms with E-state index in [1.54, 1.807) is 0 Å². The minimum Gasteiger partial charge on any atom is -0.488 e. The van der Waals surface area contributed by atoms with E-state index in [2.05, 4.69) is 161 Å². The highest BCUT2D eigenvalue weighted by Gasteiger charge is 2.29. The molecule has 0 amide bonds. The lowest BCUT2D eigenvalue weighted by atomic mass is 9.90. The fourth-order valence-corrected chi connectivity index (χ4v) is 10.6. The smallest absolute Gasteiger partial charge is 0.164 e. The molecule has 11 aromatic rings. The summed E-state index contributed by atoms with van der Waals surface area (Å²) in [5.74, 6) is 2.76. The third-order valence-electron chi connectivity index (χ3n) is 12.5. The van der Waals surface area contributed by atoms with Crippen molar-refractivity contribution in [2.45, 2.75) is 16.4 Å². The average Bonchev–Trinajstić information content (AvgIpc) is 3.70. The van der Waals surface area contributed by atoms with Crippen LogP contribution in [0.25, 0.3) is 83.9 Å². The van der Waals surface area contributed by atoms with Crippen LogP contribution >= 0.6 is 11.8 Å². The van der Waals surface area contributed by atoms with Crippen LogP contribution in [0.1, 0.15) is 5.56 Å². The average molecular weight is 852 g/mol. The van der Waals surface area contributed by atoms with E-state index in [4.69, 9.17) is 19.7 Å². The van der Waals surface area contributed by atoms with Crippen molar-refractivity contribution < 1.29 is 4.74 Å². The van der Waals surface area contributed by atoms with Gasteiger partial charge in [-0.05, 0) is 71.8 Å². The molecule has 0 unspecified atom stereocenters. The number of aromatic nitrogens is 4. The molecule has 0 radical (unpaired) electrons. The maximum atomic E-state index is 6.88. The molecule has 0 fully saturated rings. The van der Waals surface area contributed by atoms with Gasteiger partial charge in [0.05, 0.1) is 22.4 Å². The van der Waals surface area contributed by atoms with E-state index in [9.17, 15) is 0 Å². The maximum absolute atomic E-state index is 6.88. The Morgan fingerprint density at radius 2 is 0.985 bits per heavy atom. The predicted octanol–water partition coefficient (Wildman–Crippen LogP) is 15.1. The molecule has 0 bridgehead atoms. The molecule has 0 saturated carbocycles. The van der Waals surface area contributed by atoms with Crippen molar-refractivity contribution in [3.8, 4) is 67.9 Å². The zero-order valence-electron chi connectivity index (χ0n) is 35.0. The van der Waals surface area contributed by atoms with Gasteiger partial charge in [-0.15, -0.1) is 0 Å². The fourth-order valence-electron chi connectivity index (χ4n) is 9.56. The van der Waals surface area contributed by atoms with Crippen LogP contribution in [0.2, 0.25) is 0 Å². The number of para-hydroxylation sites is 4. The number of fused-ring (bicyclic) bond motifs is 8. The summed E-state index contributed by atoms with van der Waals surface area (Å²) in [5.41, 5.74) is 15.1. The van der Waals surface area contributed by atoms with Crippen molar-refractivity contribution in [2.24, 2.45) is 0 Å². The van der Waals surface area contributed by atoms with Gasteiger partial charge in [0.2, 0.25) is 0 Å². The van der Waals surface area contributed by atoms with Crippen LogP contribution in [0.3, 0.4) is 0 Å². The number of nitrogens with zero attached hydrogens (tertiary/aromatic N) is 5. The second kappa shape index (κ2) is 15.2. The van der Waals surface area contributed by atoms with Crippen LogP contribution in [-0.2, 0) is 6.61 Å². The van der Waals surface area contributed by atoms with Gasteiger partial charge in [0.25, 0.3) is 0 Å². The number of hydrogen-bond donors (Lipinski definition) is 0. The SMILES string of the molecule is c1ccc(-c2nc(-c3ccccc3)nc(-c3cccc4c3COc3c(-c5ccc6c(c5)c5cc7c(cc5n6-c5ccccc5)N(c5ccccc5)c5ccccc5S7)cccc3-4)n2)cc1. The largest absolute Gasteiger partial charge is 0.488 e. The van der Waals surface area contributed by atoms with Crippen LogP contribution in [-0.4, -0.2) is 19.5 Å². The molecule has 7 heteroatoms. The molecular formula is C58H37N5OS. The summed E-state index contributed by atoms with van der Waals surface area (Å²) >= 11 is 1.84. The zero-order chi connectivity index (χ0) is 42.8. The van der Waals surface area contributed by atoms with E-state index in [0.29, 0.717) is 24.1 Å². The third kappa shape index (κ3) is 6.23. The monoisotopic (exact) mass is 851 g/mol. The second-order valence-corrected chi connectivity index (χ2v) is 17.4. The van der Waals surface area contributed by atoms with E-state index in [0.717, 1.165) is 72.7 Å². The van der Waals surface area contributed by atoms with Gasteiger partial charge < -0.3 is 14.2 Å². The minimum absolute atomic E-state index is 0.376. The Morgan fingerprint density at radius 1 is 0.400 bits per heavy atom. The summed E-state index contributed by atoms with van der Waals surface area (Å²) in [6.45, 7) is 0.376. The molecule has 2 aliphatic rings. The zero-order valence-corrected chi connectivity index (χ0v) is 35.8. The normalized spacial score (nSPS) is 12.6. The van der Waals surface area contributed by atoms with E-state index in [1.165, 1.54) is 31.9 Å². The molecule has 2 aliphatic heterocycles. The van der Waals surface area contributed by atoms with Crippen molar-refractivity contribution in [3.05, 3.63) is 218 Å². The molecule has 9 aromatic carbocycles. The molecule has 4 heterocycles. The molecule has 0 atom stereocenters. The van der Waals surface area contributed by atoms with Crippen molar-refractivity contribution in [2.75, 3.05) is 4.90 Å². The molecule has 0 aliphatic carbocycles. The highest BCUT2D eigenvalue weighted by molar-refractivity contribution is 7.99. The summed E-state index contributed by atoms with van der Waals surface area (Å²) in [6, 6.07) is 74.8. The number of hydrogen-bond acceptors (Lipinski definition) is 6. The van der Waals surface area contributed by atoms with Crippen LogP contribution in [0.5, 0.6) is 5.75 Å². The Kier molecular flexibility index (Phi) is 8.74. The Morgan fingerprint density at radius 3 is 1.71 bits per heavy atom. The molecule has 2 aromatic heterocycles. The molecule has 6 nitrogen and oxygen atoms in total. The Labute approximate surface area is 380 Å². The summed E-state index contributed by atoms with van der Waals surface area (Å²) in [6.07, 6.45) is 0. The molecule has 13 rings (SSSR count). The van der Waals surface area contributed by atoms with Crippen LogP contribution in [0.4, 0.5) is 17.1 Å². The lowest BCUT2D eigenvalue weighted by Gasteiger charge is -2.33. The van der Waals surface area contributed by atoms with Gasteiger partial charge in [0, 0.05) is 65.3 Å². The first-order chi connectivity index (χ1) is 32.2. The molecule has 306 valence electrons. The summed E-state index contributed by atoms with van der Waals surface area (Å²) in [7, 11) is 0. The quantitative estimate of drug-likeness (QED) is 0.166. The van der Waals surface area contributed by atoms with Gasteiger partial charge in [-0.3, -0.25) is 0 Å². The van der Waals surface area contributed by atoms with Gasteiger partial charge >= 0.3 is 0 Å². The number of anilines is 3. The Hall–Kier alpha value is -8.26. The van der Waals surface area contributed by atoms with Crippen molar-refractivity contribution >= 4 is 50.6 Å². The van der Waals surface area contributed by atoms with E-state index < -0.39 is 0 Å². The first kappa shape index (κ1) is 37.3. The number of rotatable bonds is 6. The first-order valence-electron chi connectivity index (χ1n) is 21.8. The van der Waals surface area contributed by atoms with Gasteiger partial charge in [-0.2, -0.15) is 0 Å². The third-order valence-corrected chi connectivity index (χ3v) is 13.6. The fraction of sp³-hybridized carbons (Fsp3) is 0.0172. The molecule has 0 saturated heterocycles. The topological polar surface area (TPSA) is 56.1 Å². The van der Waals surface area contributed by atoms with Crippen molar-refractivity contribution in [1.82, 2.24) is 19.5 Å². The van der Waals surface area contributed by atoms with Gasteiger partial charge in [-0.1, -0.05) is 163 Å². The Bertz CT molecular complexity index is 3570. The molecule has 65 heavy (non-hydrogen) atoms. The second-order valence-electron chi connectivity index (χ2n) is 16.3. The highest BCUT2D eigenvalue weighted by atomic mass is 32.2. The van der Waals surface area contributed by atoms with Gasteiger partial charge in [0.15, 0.2) is 17.5 Å². The van der Waals surface area contributed by atoms with Gasteiger partial charge in [-0.25, -0.2) is 15.0 Å². The summed E-state index contributed by atoms with van der Waals surface area (Å²) in [5, 5.41) is 2.39. The van der Waals surface area contributed by atoms with Gasteiger partial charge in [0.1, 0.15) is 12.4 Å². The Balaban J connectivity index is 0.959. The van der Waals surface area contributed by atoms with E-state index in [-0.39, 0.29) is 0 Å². The molecule has 0 spiro atoms. The van der Waals surface area contributed by atoms with Crippen LogP contribution in [0, 0.1) is 0 Å². The van der Waals surface area contributed by atoms with Crippen LogP contribution in [0.15, 0.2) is 222 Å². The standard InChI is InChI=1S/C58H37N5OS/c1-5-17-37(18-6-1)56-59-57(38-19-7-2-8-20-38)61-58(60-56)45-28-16-26-43-44-27-15-25-42(55(44)64-36-48(43)45)39-31-32-49-46(33-39)47-34-54-52(35-51(47)62(49)40-21-9-3-10-22-40)63(41-23-11-4-12-24-41)50-29-13-14-30-53(50)65-54/h1-35H,36H2. The summed E-state index contributed by atoms with van der Waals surface area (Å²) in [4.78, 5) is 20.0. The molecular weight excluding hydrogens is 815 g/mol. The highest BCUT2D eigenvalue weighted by Crippen LogP contribution is 2.54.